The van der Waals surface area contributed by atoms with Gasteiger partial charge in [0.1, 0.15) is 0 Å². The lowest BCUT2D eigenvalue weighted by Gasteiger charge is -2.34. The van der Waals surface area contributed by atoms with E-state index in [4.69, 9.17) is 4.42 Å². The van der Waals surface area contributed by atoms with Gasteiger partial charge in [0.05, 0.1) is 28.1 Å². The van der Waals surface area contributed by atoms with Crippen LogP contribution < -0.4 is 4.90 Å². The highest BCUT2D eigenvalue weighted by Gasteiger charge is 2.27. The maximum absolute atomic E-state index is 6.04. The van der Waals surface area contributed by atoms with Gasteiger partial charge in [-0.2, -0.15) is 0 Å². The summed E-state index contributed by atoms with van der Waals surface area (Å²) in [4.78, 5) is 6.74. The first-order chi connectivity index (χ1) is 22.8. The Morgan fingerprint density at radius 2 is 1.28 bits per heavy atom. The van der Waals surface area contributed by atoms with E-state index in [1.54, 1.807) is 0 Å². The minimum absolute atomic E-state index is 0.493. The molecule has 0 unspecified atom stereocenters. The van der Waals surface area contributed by atoms with Crippen molar-refractivity contribution in [3.8, 4) is 39.7 Å². The van der Waals surface area contributed by atoms with Crippen molar-refractivity contribution in [2.75, 3.05) is 4.90 Å². The fourth-order valence-corrected chi connectivity index (χ4v) is 6.73. The molecule has 218 valence electrons. The van der Waals surface area contributed by atoms with Crippen LogP contribution in [0.25, 0.3) is 61.5 Å². The van der Waals surface area contributed by atoms with Gasteiger partial charge in [-0.1, -0.05) is 72.8 Å². The summed E-state index contributed by atoms with van der Waals surface area (Å²) in [5.74, 6) is 1.00. The number of hydrogen-bond donors (Lipinski definition) is 0. The lowest BCUT2D eigenvalue weighted by molar-refractivity contribution is 0.584. The second-order valence-corrected chi connectivity index (χ2v) is 11.5. The van der Waals surface area contributed by atoms with Gasteiger partial charge in [-0.05, 0) is 84.6 Å². The molecule has 0 aliphatic carbocycles. The predicted molar refractivity (Wildman–Crippen MR) is 186 cm³/mol. The van der Waals surface area contributed by atoms with Crippen molar-refractivity contribution in [3.63, 3.8) is 0 Å². The maximum Gasteiger partial charge on any atom is 0.248 e. The number of anilines is 2. The minimum atomic E-state index is 0.493. The number of benzene rings is 6. The molecule has 9 rings (SSSR count). The summed E-state index contributed by atoms with van der Waals surface area (Å²) in [6, 6.07) is 48.4. The van der Waals surface area contributed by atoms with Gasteiger partial charge in [0, 0.05) is 39.7 Å². The van der Waals surface area contributed by atoms with Crippen LogP contribution in [0.1, 0.15) is 5.56 Å². The lowest BCUT2D eigenvalue weighted by atomic mass is 9.91. The van der Waals surface area contributed by atoms with E-state index < -0.39 is 0 Å². The Morgan fingerprint density at radius 3 is 2.11 bits per heavy atom. The zero-order valence-electron chi connectivity index (χ0n) is 24.8. The third-order valence-corrected chi connectivity index (χ3v) is 8.88. The number of aliphatic imine (C=N–C) groups is 1. The fourth-order valence-electron chi connectivity index (χ4n) is 6.73. The summed E-state index contributed by atoms with van der Waals surface area (Å²) in [6.07, 6.45) is 0. The quantitative estimate of drug-likeness (QED) is 0.186. The molecule has 0 radical (unpaired) electrons. The summed E-state index contributed by atoms with van der Waals surface area (Å²) >= 11 is 0. The number of hydrogen-bond acceptors (Lipinski definition) is 5. The van der Waals surface area contributed by atoms with Crippen molar-refractivity contribution in [3.05, 3.63) is 145 Å². The summed E-state index contributed by atoms with van der Waals surface area (Å²) < 4.78 is 8.39. The van der Waals surface area contributed by atoms with Crippen molar-refractivity contribution >= 4 is 45.6 Å². The van der Waals surface area contributed by atoms with Crippen LogP contribution in [0.4, 0.5) is 17.1 Å². The predicted octanol–water partition coefficient (Wildman–Crippen LogP) is 10.2. The van der Waals surface area contributed by atoms with Crippen LogP contribution in [0.2, 0.25) is 0 Å². The molecule has 0 fully saturated rings. The molecule has 6 aromatic carbocycles. The van der Waals surface area contributed by atoms with E-state index in [0.717, 1.165) is 51.5 Å². The van der Waals surface area contributed by atoms with E-state index in [0.29, 0.717) is 11.8 Å². The first-order valence-electron chi connectivity index (χ1n) is 15.3. The summed E-state index contributed by atoms with van der Waals surface area (Å²) in [7, 11) is 0. The summed E-state index contributed by atoms with van der Waals surface area (Å²) in [5.41, 5.74) is 11.9. The molecule has 0 atom stereocenters. The Labute approximate surface area is 265 Å². The number of aromatic nitrogens is 3. The van der Waals surface area contributed by atoms with Gasteiger partial charge >= 0.3 is 0 Å². The molecule has 0 saturated heterocycles. The van der Waals surface area contributed by atoms with Gasteiger partial charge in [0.2, 0.25) is 11.8 Å². The standard InChI is InChI=1S/C40H27N5O/c1-41-34-16-8-10-18-36(34)44-25-28-13-5-6-14-30(28)32-24-38-33(23-37(32)44)31-15-7-9-17-35(31)45(38)29-21-19-27(20-22-29)40-43-42-39(46-40)26-11-3-2-4-12-26/h2-24H,1,25H2. The average Bonchev–Trinajstić information content (AvgIpc) is 3.74. The number of fused-ring (bicyclic) bond motifs is 6. The Kier molecular flexibility index (Phi) is 5.93. The molecule has 1 aliphatic rings. The largest absolute Gasteiger partial charge is 0.416 e. The normalized spacial score (nSPS) is 12.3. The van der Waals surface area contributed by atoms with Crippen LogP contribution in [0, 0.1) is 0 Å². The van der Waals surface area contributed by atoms with Crippen molar-refractivity contribution in [1.82, 2.24) is 14.8 Å². The smallest absolute Gasteiger partial charge is 0.248 e. The van der Waals surface area contributed by atoms with Gasteiger partial charge in [0.25, 0.3) is 0 Å². The molecule has 0 saturated carbocycles. The van der Waals surface area contributed by atoms with E-state index in [1.807, 2.05) is 54.6 Å². The number of nitrogens with zero attached hydrogens (tertiary/aromatic N) is 5. The Morgan fingerprint density at radius 1 is 0.587 bits per heavy atom. The van der Waals surface area contributed by atoms with E-state index >= 15 is 0 Å². The van der Waals surface area contributed by atoms with Crippen LogP contribution >= 0.6 is 0 Å². The van der Waals surface area contributed by atoms with E-state index in [9.17, 15) is 0 Å². The van der Waals surface area contributed by atoms with E-state index in [-0.39, 0.29) is 0 Å². The SMILES string of the molecule is C=Nc1ccccc1N1Cc2ccccc2-c2cc3c(cc21)c1ccccc1n3-c1ccc(-c2nnc(-c3ccccc3)o2)cc1. The van der Waals surface area contributed by atoms with Crippen LogP contribution in [0.3, 0.4) is 0 Å². The maximum atomic E-state index is 6.04. The zero-order chi connectivity index (χ0) is 30.6. The van der Waals surface area contributed by atoms with E-state index in [1.165, 1.54) is 27.5 Å². The van der Waals surface area contributed by atoms with Gasteiger partial charge in [0.15, 0.2) is 0 Å². The molecule has 0 spiro atoms. The Bertz CT molecular complexity index is 2420. The van der Waals surface area contributed by atoms with Crippen LogP contribution in [0.5, 0.6) is 0 Å². The Hall–Kier alpha value is -6.27. The first-order valence-corrected chi connectivity index (χ1v) is 15.3. The Balaban J connectivity index is 1.22. The monoisotopic (exact) mass is 593 g/mol. The number of para-hydroxylation sites is 3. The second kappa shape index (κ2) is 10.4. The van der Waals surface area contributed by atoms with Gasteiger partial charge < -0.3 is 13.9 Å². The molecule has 1 aliphatic heterocycles. The zero-order valence-corrected chi connectivity index (χ0v) is 24.8. The first kappa shape index (κ1) is 26.2. The molecule has 0 bridgehead atoms. The topological polar surface area (TPSA) is 59.5 Å². The van der Waals surface area contributed by atoms with Crippen molar-refractivity contribution in [2.45, 2.75) is 6.54 Å². The second-order valence-electron chi connectivity index (χ2n) is 11.5. The van der Waals surface area contributed by atoms with Crippen LogP contribution in [-0.2, 0) is 6.54 Å². The van der Waals surface area contributed by atoms with Crippen molar-refractivity contribution < 1.29 is 4.42 Å². The molecule has 6 heteroatoms. The average molecular weight is 594 g/mol. The highest BCUT2D eigenvalue weighted by molar-refractivity contribution is 6.13. The van der Waals surface area contributed by atoms with Crippen molar-refractivity contribution in [1.29, 1.82) is 0 Å². The van der Waals surface area contributed by atoms with E-state index in [2.05, 4.69) is 116 Å². The van der Waals surface area contributed by atoms with Gasteiger partial charge in [-0.15, -0.1) is 10.2 Å². The molecule has 2 aromatic heterocycles. The lowest BCUT2D eigenvalue weighted by Crippen LogP contribution is -2.21. The molecule has 6 nitrogen and oxygen atoms in total. The number of rotatable bonds is 5. The fraction of sp³-hybridized carbons (Fsp3) is 0.0250. The highest BCUT2D eigenvalue weighted by Crippen LogP contribution is 2.48. The molecule has 8 aromatic rings. The summed E-state index contributed by atoms with van der Waals surface area (Å²) in [5, 5.41) is 11.0. The van der Waals surface area contributed by atoms with Crippen LogP contribution in [0.15, 0.2) is 149 Å². The molecule has 46 heavy (non-hydrogen) atoms. The minimum Gasteiger partial charge on any atom is -0.416 e. The molecule has 3 heterocycles. The molecular weight excluding hydrogens is 566 g/mol. The summed E-state index contributed by atoms with van der Waals surface area (Å²) in [6.45, 7) is 4.61. The van der Waals surface area contributed by atoms with Gasteiger partial charge in [-0.3, -0.25) is 4.99 Å². The molecular formula is C40H27N5O. The highest BCUT2D eigenvalue weighted by atomic mass is 16.4. The van der Waals surface area contributed by atoms with Crippen LogP contribution in [-0.4, -0.2) is 21.5 Å². The molecule has 0 amide bonds. The third-order valence-electron chi connectivity index (χ3n) is 8.88. The molecule has 0 N–H and O–H groups in total. The third kappa shape index (κ3) is 4.08. The van der Waals surface area contributed by atoms with Gasteiger partial charge in [-0.25, -0.2) is 0 Å². The van der Waals surface area contributed by atoms with Crippen molar-refractivity contribution in [2.24, 2.45) is 4.99 Å².